The van der Waals surface area contributed by atoms with E-state index in [1.807, 2.05) is 0 Å². The molecule has 1 fully saturated rings. The smallest absolute Gasteiger partial charge is 0.128 e. The average Bonchev–Trinajstić information content (AvgIpc) is 2.45. The van der Waals surface area contributed by atoms with E-state index >= 15 is 0 Å². The third-order valence-corrected chi connectivity index (χ3v) is 4.94. The van der Waals surface area contributed by atoms with Crippen LogP contribution in [0.15, 0.2) is 18.2 Å². The minimum absolute atomic E-state index is 0.279. The van der Waals surface area contributed by atoms with E-state index in [1.165, 1.54) is 12.1 Å². The predicted octanol–water partition coefficient (Wildman–Crippen LogP) is 4.21. The van der Waals surface area contributed by atoms with Crippen LogP contribution in [0.3, 0.4) is 0 Å². The normalized spacial score (nSPS) is 22.0. The first-order valence-electron chi connectivity index (χ1n) is 7.51. The van der Waals surface area contributed by atoms with Gasteiger partial charge in [0, 0.05) is 12.7 Å². The second kappa shape index (κ2) is 6.01. The molecule has 0 aromatic heterocycles. The summed E-state index contributed by atoms with van der Waals surface area (Å²) in [6.07, 6.45) is 3.68. The average molecular weight is 297 g/mol. The molecule has 0 bridgehead atoms. The summed E-state index contributed by atoms with van der Waals surface area (Å²) in [5, 5.41) is 3.14. The van der Waals surface area contributed by atoms with E-state index in [-0.39, 0.29) is 11.5 Å². The number of hydrogen-bond donors (Lipinski definition) is 1. The third-order valence-electron chi connectivity index (χ3n) is 4.94. The lowest BCUT2D eigenvalue weighted by Crippen LogP contribution is -2.48. The van der Waals surface area contributed by atoms with Gasteiger partial charge in [0.1, 0.15) is 11.6 Å². The second-order valence-electron chi connectivity index (χ2n) is 6.82. The van der Waals surface area contributed by atoms with Crippen molar-refractivity contribution in [3.05, 3.63) is 35.4 Å². The maximum Gasteiger partial charge on any atom is 0.128 e. The van der Waals surface area contributed by atoms with Crippen LogP contribution in [-0.2, 0) is 4.74 Å². The van der Waals surface area contributed by atoms with E-state index in [2.05, 4.69) is 19.2 Å². The van der Waals surface area contributed by atoms with Gasteiger partial charge in [-0.2, -0.15) is 0 Å². The topological polar surface area (TPSA) is 21.3 Å². The van der Waals surface area contributed by atoms with Crippen LogP contribution in [0.5, 0.6) is 0 Å². The molecule has 1 N–H and O–H groups in total. The molecule has 118 valence electrons. The summed E-state index contributed by atoms with van der Waals surface area (Å²) in [5.74, 6) is -0.814. The molecule has 2 nitrogen and oxygen atoms in total. The number of hydrogen-bond acceptors (Lipinski definition) is 2. The molecule has 0 spiro atoms. The van der Waals surface area contributed by atoms with Crippen molar-refractivity contribution in [2.45, 2.75) is 51.2 Å². The highest BCUT2D eigenvalue weighted by atomic mass is 19.1. The van der Waals surface area contributed by atoms with Gasteiger partial charge in [0.15, 0.2) is 0 Å². The molecule has 2 rings (SSSR count). The highest BCUT2D eigenvalue weighted by molar-refractivity contribution is 5.26. The number of methoxy groups -OCH3 is 1. The van der Waals surface area contributed by atoms with Gasteiger partial charge in [-0.1, -0.05) is 13.8 Å². The largest absolute Gasteiger partial charge is 0.376 e. The Morgan fingerprint density at radius 2 is 1.76 bits per heavy atom. The van der Waals surface area contributed by atoms with Gasteiger partial charge in [0.25, 0.3) is 0 Å². The Morgan fingerprint density at radius 3 is 2.29 bits per heavy atom. The minimum atomic E-state index is -0.487. The fourth-order valence-electron chi connectivity index (χ4n) is 3.40. The van der Waals surface area contributed by atoms with Crippen molar-refractivity contribution in [2.24, 2.45) is 5.41 Å². The van der Waals surface area contributed by atoms with Gasteiger partial charge in [-0.25, -0.2) is 8.78 Å². The number of halogens is 2. The maximum atomic E-state index is 14.2. The van der Waals surface area contributed by atoms with Crippen molar-refractivity contribution in [3.8, 4) is 0 Å². The molecule has 1 unspecified atom stereocenters. The molecular weight excluding hydrogens is 272 g/mol. The van der Waals surface area contributed by atoms with Crippen molar-refractivity contribution < 1.29 is 13.5 Å². The Bertz CT molecular complexity index is 492. The Morgan fingerprint density at radius 1 is 1.14 bits per heavy atom. The fourth-order valence-corrected chi connectivity index (χ4v) is 3.40. The first-order valence-corrected chi connectivity index (χ1v) is 7.51. The van der Waals surface area contributed by atoms with Crippen LogP contribution >= 0.6 is 0 Å². The molecule has 0 saturated heterocycles. The summed E-state index contributed by atoms with van der Waals surface area (Å²) < 4.78 is 33.5. The summed E-state index contributed by atoms with van der Waals surface area (Å²) in [6, 6.07) is 3.26. The first kappa shape index (κ1) is 16.4. The zero-order valence-corrected chi connectivity index (χ0v) is 13.3. The highest BCUT2D eigenvalue weighted by Gasteiger charge is 2.45. The summed E-state index contributed by atoms with van der Waals surface area (Å²) in [4.78, 5) is 0. The van der Waals surface area contributed by atoms with Gasteiger partial charge in [-0.05, 0) is 56.3 Å². The molecule has 21 heavy (non-hydrogen) atoms. The van der Waals surface area contributed by atoms with Crippen LogP contribution in [-0.4, -0.2) is 19.8 Å². The number of ether oxygens (including phenoxy) is 1. The van der Waals surface area contributed by atoms with Gasteiger partial charge < -0.3 is 10.1 Å². The van der Waals surface area contributed by atoms with Crippen LogP contribution in [0.1, 0.15) is 51.1 Å². The zero-order valence-electron chi connectivity index (χ0n) is 13.3. The molecule has 0 amide bonds. The number of rotatable bonds is 4. The molecule has 1 aliphatic rings. The van der Waals surface area contributed by atoms with E-state index in [0.717, 1.165) is 31.7 Å². The second-order valence-corrected chi connectivity index (χ2v) is 6.82. The Hall–Kier alpha value is -1.00. The fraction of sp³-hybridized carbons (Fsp3) is 0.647. The van der Waals surface area contributed by atoms with Gasteiger partial charge in [0.2, 0.25) is 0 Å². The Labute approximate surface area is 125 Å². The first-order chi connectivity index (χ1) is 9.83. The monoisotopic (exact) mass is 297 g/mol. The van der Waals surface area contributed by atoms with Crippen LogP contribution in [0.4, 0.5) is 8.78 Å². The molecule has 1 atom stereocenters. The van der Waals surface area contributed by atoms with E-state index in [0.29, 0.717) is 5.56 Å². The van der Waals surface area contributed by atoms with Gasteiger partial charge >= 0.3 is 0 Å². The van der Waals surface area contributed by atoms with Crippen LogP contribution in [0, 0.1) is 17.0 Å². The standard InChI is InChI=1S/C17H25F2NO/c1-16(2)7-9-17(21-4,10-8-16)15(20-3)13-11-12(18)5-6-14(13)19/h5-6,11,15,20H,7-10H2,1-4H3. The summed E-state index contributed by atoms with van der Waals surface area (Å²) in [5.41, 5.74) is 0.138. The van der Waals surface area contributed by atoms with Crippen molar-refractivity contribution in [1.29, 1.82) is 0 Å². The molecule has 1 saturated carbocycles. The van der Waals surface area contributed by atoms with Gasteiger partial charge in [0.05, 0.1) is 11.6 Å². The number of benzene rings is 1. The Kier molecular flexibility index (Phi) is 4.69. The third kappa shape index (κ3) is 3.27. The van der Waals surface area contributed by atoms with Crippen molar-refractivity contribution >= 4 is 0 Å². The lowest BCUT2D eigenvalue weighted by Gasteiger charge is -2.47. The lowest BCUT2D eigenvalue weighted by molar-refractivity contribution is -0.0868. The van der Waals surface area contributed by atoms with Gasteiger partial charge in [-0.15, -0.1) is 0 Å². The molecule has 1 aromatic rings. The number of likely N-dealkylation sites (N-methyl/N-ethyl adjacent to an activating group) is 1. The Balaban J connectivity index is 2.36. The summed E-state index contributed by atoms with van der Waals surface area (Å²) in [6.45, 7) is 4.48. The predicted molar refractivity (Wildman–Crippen MR) is 80.1 cm³/mol. The van der Waals surface area contributed by atoms with E-state index in [4.69, 9.17) is 4.74 Å². The minimum Gasteiger partial charge on any atom is -0.376 e. The van der Waals surface area contributed by atoms with Crippen LogP contribution in [0.25, 0.3) is 0 Å². The SMILES string of the molecule is CNC(c1cc(F)ccc1F)C1(OC)CCC(C)(C)CC1. The molecule has 0 heterocycles. The van der Waals surface area contributed by atoms with E-state index in [9.17, 15) is 8.78 Å². The van der Waals surface area contributed by atoms with Crippen molar-refractivity contribution in [3.63, 3.8) is 0 Å². The van der Waals surface area contributed by atoms with Crippen LogP contribution < -0.4 is 5.32 Å². The molecule has 0 radical (unpaired) electrons. The van der Waals surface area contributed by atoms with Gasteiger partial charge in [-0.3, -0.25) is 0 Å². The molecule has 1 aromatic carbocycles. The van der Waals surface area contributed by atoms with E-state index in [1.54, 1.807) is 14.2 Å². The van der Waals surface area contributed by atoms with Crippen molar-refractivity contribution in [2.75, 3.05) is 14.2 Å². The molecular formula is C17H25F2NO. The highest BCUT2D eigenvalue weighted by Crippen LogP contribution is 2.47. The molecule has 1 aliphatic carbocycles. The lowest BCUT2D eigenvalue weighted by atomic mass is 9.67. The maximum absolute atomic E-state index is 14.2. The molecule has 0 aliphatic heterocycles. The summed E-state index contributed by atoms with van der Waals surface area (Å²) >= 11 is 0. The van der Waals surface area contributed by atoms with Crippen LogP contribution in [0.2, 0.25) is 0 Å². The van der Waals surface area contributed by atoms with Crippen molar-refractivity contribution in [1.82, 2.24) is 5.32 Å². The number of nitrogens with one attached hydrogen (secondary N) is 1. The quantitative estimate of drug-likeness (QED) is 0.899. The summed E-state index contributed by atoms with van der Waals surface area (Å²) in [7, 11) is 3.44. The van der Waals surface area contributed by atoms with E-state index < -0.39 is 17.2 Å². The zero-order chi connectivity index (χ0) is 15.7. The molecule has 4 heteroatoms.